The monoisotopic (exact) mass is 355 g/mol. The smallest absolute Gasteiger partial charge is 0.383 e. The second-order valence-corrected chi connectivity index (χ2v) is 6.45. The highest BCUT2D eigenvalue weighted by molar-refractivity contribution is 9.09. The molecule has 0 aromatic rings. The SMILES string of the molecule is COCC(CCBr)NS(=O)(=O)CCCC(F)(F)F. The van der Waals surface area contributed by atoms with Crippen LogP contribution in [0, 0.1) is 0 Å². The summed E-state index contributed by atoms with van der Waals surface area (Å²) >= 11 is 3.17. The number of hydrogen-bond acceptors (Lipinski definition) is 3. The Balaban J connectivity index is 4.19. The molecule has 0 aliphatic carbocycles. The Morgan fingerprint density at radius 1 is 1.39 bits per heavy atom. The Morgan fingerprint density at radius 3 is 2.44 bits per heavy atom. The van der Waals surface area contributed by atoms with Crippen LogP contribution in [0.3, 0.4) is 0 Å². The minimum atomic E-state index is -4.32. The maximum absolute atomic E-state index is 11.9. The van der Waals surface area contributed by atoms with Crippen LogP contribution in [-0.2, 0) is 14.8 Å². The van der Waals surface area contributed by atoms with E-state index in [1.165, 1.54) is 7.11 Å². The van der Waals surface area contributed by atoms with Crippen LogP contribution in [0.1, 0.15) is 19.3 Å². The van der Waals surface area contributed by atoms with Crippen molar-refractivity contribution in [2.75, 3.05) is 24.8 Å². The van der Waals surface area contributed by atoms with E-state index in [4.69, 9.17) is 4.74 Å². The zero-order chi connectivity index (χ0) is 14.2. The average Bonchev–Trinajstić information content (AvgIpc) is 2.14. The molecule has 0 radical (unpaired) electrons. The van der Waals surface area contributed by atoms with Crippen molar-refractivity contribution in [2.45, 2.75) is 31.5 Å². The molecule has 0 fully saturated rings. The summed E-state index contributed by atoms with van der Waals surface area (Å²) in [6, 6.07) is -0.426. The van der Waals surface area contributed by atoms with Gasteiger partial charge < -0.3 is 4.74 Å². The summed E-state index contributed by atoms with van der Waals surface area (Å²) in [7, 11) is -2.27. The zero-order valence-electron chi connectivity index (χ0n) is 9.96. The minimum absolute atomic E-state index is 0.185. The first-order valence-electron chi connectivity index (χ1n) is 5.32. The van der Waals surface area contributed by atoms with Crippen molar-refractivity contribution in [3.8, 4) is 0 Å². The zero-order valence-corrected chi connectivity index (χ0v) is 12.4. The molecule has 0 spiro atoms. The molecular weight excluding hydrogens is 339 g/mol. The standard InChI is InChI=1S/C9H17BrF3NO3S/c1-17-7-8(3-5-10)14-18(15,16)6-2-4-9(11,12)13/h8,14H,2-7H2,1H3. The number of nitrogens with one attached hydrogen (secondary N) is 1. The second-order valence-electron chi connectivity index (χ2n) is 3.79. The second kappa shape index (κ2) is 8.34. The topological polar surface area (TPSA) is 55.4 Å². The highest BCUT2D eigenvalue weighted by Crippen LogP contribution is 2.21. The van der Waals surface area contributed by atoms with Crippen molar-refractivity contribution in [2.24, 2.45) is 0 Å². The van der Waals surface area contributed by atoms with Gasteiger partial charge in [-0.15, -0.1) is 0 Å². The number of ether oxygens (including phenoxy) is 1. The van der Waals surface area contributed by atoms with Crippen molar-refractivity contribution in [3.05, 3.63) is 0 Å². The number of alkyl halides is 4. The summed E-state index contributed by atoms with van der Waals surface area (Å²) in [6.45, 7) is 0.185. The summed E-state index contributed by atoms with van der Waals surface area (Å²) in [6.07, 6.45) is -5.35. The van der Waals surface area contributed by atoms with E-state index in [9.17, 15) is 21.6 Å². The molecule has 0 bridgehead atoms. The molecule has 1 atom stereocenters. The molecule has 0 aliphatic rings. The van der Waals surface area contributed by atoms with Crippen LogP contribution in [0.2, 0.25) is 0 Å². The van der Waals surface area contributed by atoms with Crippen molar-refractivity contribution in [1.29, 1.82) is 0 Å². The molecule has 1 N–H and O–H groups in total. The Morgan fingerprint density at radius 2 is 2.00 bits per heavy atom. The predicted molar refractivity (Wildman–Crippen MR) is 66.3 cm³/mol. The first kappa shape index (κ1) is 18.1. The third-order valence-electron chi connectivity index (χ3n) is 2.04. The summed E-state index contributed by atoms with van der Waals surface area (Å²) in [5, 5.41) is 0.575. The van der Waals surface area contributed by atoms with Crippen LogP contribution < -0.4 is 4.72 Å². The molecule has 0 saturated heterocycles. The van der Waals surface area contributed by atoms with Gasteiger partial charge in [0, 0.05) is 24.9 Å². The van der Waals surface area contributed by atoms with Crippen LogP contribution in [0.5, 0.6) is 0 Å². The highest BCUT2D eigenvalue weighted by atomic mass is 79.9. The number of hydrogen-bond donors (Lipinski definition) is 1. The van der Waals surface area contributed by atoms with E-state index < -0.39 is 40.8 Å². The fourth-order valence-corrected chi connectivity index (χ4v) is 3.17. The molecule has 0 heterocycles. The van der Waals surface area contributed by atoms with Crippen LogP contribution in [0.15, 0.2) is 0 Å². The molecule has 0 aromatic carbocycles. The summed E-state index contributed by atoms with van der Waals surface area (Å²) in [4.78, 5) is 0. The Kier molecular flexibility index (Phi) is 8.40. The van der Waals surface area contributed by atoms with E-state index in [1.54, 1.807) is 0 Å². The van der Waals surface area contributed by atoms with E-state index in [2.05, 4.69) is 20.7 Å². The first-order valence-corrected chi connectivity index (χ1v) is 8.09. The molecular formula is C9H17BrF3NO3S. The first-order chi connectivity index (χ1) is 8.20. The normalized spacial score (nSPS) is 14.7. The summed E-state index contributed by atoms with van der Waals surface area (Å²) in [5.74, 6) is -0.533. The third kappa shape index (κ3) is 10.1. The van der Waals surface area contributed by atoms with Crippen LogP contribution in [0.4, 0.5) is 13.2 Å². The van der Waals surface area contributed by atoms with Crippen LogP contribution >= 0.6 is 15.9 Å². The van der Waals surface area contributed by atoms with Crippen molar-refractivity contribution < 1.29 is 26.3 Å². The summed E-state index contributed by atoms with van der Waals surface area (Å²) < 4.78 is 65.9. The average molecular weight is 356 g/mol. The van der Waals surface area contributed by atoms with Gasteiger partial charge in [-0.1, -0.05) is 15.9 Å². The molecule has 0 aliphatic heterocycles. The van der Waals surface area contributed by atoms with Gasteiger partial charge in [-0.3, -0.25) is 0 Å². The maximum Gasteiger partial charge on any atom is 0.389 e. The van der Waals surface area contributed by atoms with E-state index in [0.717, 1.165) is 0 Å². The van der Waals surface area contributed by atoms with Gasteiger partial charge in [0.15, 0.2) is 0 Å². The van der Waals surface area contributed by atoms with E-state index in [0.29, 0.717) is 11.8 Å². The quantitative estimate of drug-likeness (QED) is 0.644. The largest absolute Gasteiger partial charge is 0.389 e. The number of sulfonamides is 1. The Hall–Kier alpha value is 0.140. The van der Waals surface area contributed by atoms with Gasteiger partial charge in [0.05, 0.1) is 12.4 Å². The molecule has 9 heteroatoms. The van der Waals surface area contributed by atoms with E-state index in [-0.39, 0.29) is 6.61 Å². The number of methoxy groups -OCH3 is 1. The lowest BCUT2D eigenvalue weighted by molar-refractivity contribution is -0.134. The van der Waals surface area contributed by atoms with Crippen molar-refractivity contribution >= 4 is 26.0 Å². The highest BCUT2D eigenvalue weighted by Gasteiger charge is 2.27. The van der Waals surface area contributed by atoms with Gasteiger partial charge in [-0.05, 0) is 12.8 Å². The van der Waals surface area contributed by atoms with E-state index in [1.807, 2.05) is 0 Å². The number of rotatable bonds is 9. The molecule has 0 aromatic heterocycles. The van der Waals surface area contributed by atoms with Gasteiger partial charge in [-0.2, -0.15) is 13.2 Å². The fourth-order valence-electron chi connectivity index (χ4n) is 1.28. The van der Waals surface area contributed by atoms with Gasteiger partial charge in [0.25, 0.3) is 0 Å². The van der Waals surface area contributed by atoms with Gasteiger partial charge in [-0.25, -0.2) is 13.1 Å². The lowest BCUT2D eigenvalue weighted by Crippen LogP contribution is -2.39. The van der Waals surface area contributed by atoms with Gasteiger partial charge >= 0.3 is 6.18 Å². The number of halogens is 4. The Labute approximate surface area is 113 Å². The lowest BCUT2D eigenvalue weighted by Gasteiger charge is -2.17. The molecule has 4 nitrogen and oxygen atoms in total. The molecule has 110 valence electrons. The molecule has 0 amide bonds. The van der Waals surface area contributed by atoms with Crippen LogP contribution in [-0.4, -0.2) is 45.4 Å². The van der Waals surface area contributed by atoms with Crippen molar-refractivity contribution in [1.82, 2.24) is 4.72 Å². The van der Waals surface area contributed by atoms with Gasteiger partial charge in [0.2, 0.25) is 10.0 Å². The molecule has 0 saturated carbocycles. The Bertz CT molecular complexity index is 316. The van der Waals surface area contributed by atoms with Crippen LogP contribution in [0.25, 0.3) is 0 Å². The van der Waals surface area contributed by atoms with Gasteiger partial charge in [0.1, 0.15) is 0 Å². The van der Waals surface area contributed by atoms with Crippen molar-refractivity contribution in [3.63, 3.8) is 0 Å². The molecule has 1 unspecified atom stereocenters. The maximum atomic E-state index is 11.9. The van der Waals surface area contributed by atoms with E-state index >= 15 is 0 Å². The third-order valence-corrected chi connectivity index (χ3v) is 4.02. The molecule has 0 rings (SSSR count). The fraction of sp³-hybridized carbons (Fsp3) is 1.00. The summed E-state index contributed by atoms with van der Waals surface area (Å²) in [5.41, 5.74) is 0. The minimum Gasteiger partial charge on any atom is -0.383 e. The molecule has 18 heavy (non-hydrogen) atoms. The predicted octanol–water partition coefficient (Wildman–Crippen LogP) is 2.05. The lowest BCUT2D eigenvalue weighted by atomic mass is 10.3.